The summed E-state index contributed by atoms with van der Waals surface area (Å²) >= 11 is 3.66. The molecule has 0 aliphatic carbocycles. The molecule has 86 heavy (non-hydrogen) atoms. The summed E-state index contributed by atoms with van der Waals surface area (Å²) in [5, 5.41) is 27.5. The summed E-state index contributed by atoms with van der Waals surface area (Å²) in [5.74, 6) is 4.79. The largest absolute Gasteiger partial charge is 0.478 e. The van der Waals surface area contributed by atoms with Crippen LogP contribution in [0.5, 0.6) is 0 Å². The number of amides is 2. The van der Waals surface area contributed by atoms with Gasteiger partial charge in [0.1, 0.15) is 0 Å². The third kappa shape index (κ3) is 10.6. The molecule has 11 aromatic rings. The molecule has 0 saturated heterocycles. The minimum atomic E-state index is -1.01. The molecule has 0 spiro atoms. The molecular formula is C76H68N2O6S2. The lowest BCUT2D eigenvalue weighted by Gasteiger charge is -2.32. The van der Waals surface area contributed by atoms with E-state index in [9.17, 15) is 29.4 Å². The minimum Gasteiger partial charge on any atom is -0.478 e. The van der Waals surface area contributed by atoms with Gasteiger partial charge < -0.3 is 15.1 Å². The number of para-hydroxylation sites is 1. The van der Waals surface area contributed by atoms with Crippen LogP contribution in [-0.4, -0.2) is 34.0 Å². The van der Waals surface area contributed by atoms with Crippen molar-refractivity contribution in [1.82, 2.24) is 0 Å². The van der Waals surface area contributed by atoms with Crippen LogP contribution in [0.15, 0.2) is 158 Å². The van der Waals surface area contributed by atoms with Crippen molar-refractivity contribution in [2.45, 2.75) is 118 Å². The number of carboxylic acids is 2. The molecule has 0 radical (unpaired) electrons. The highest BCUT2D eigenvalue weighted by molar-refractivity contribution is 7.24. The molecule has 0 atom stereocenters. The number of aromatic carboxylic acids is 2. The smallest absolute Gasteiger partial charge is 0.335 e. The van der Waals surface area contributed by atoms with Crippen molar-refractivity contribution in [3.05, 3.63) is 213 Å². The fraction of sp³-hybridized carbons (Fsp3) is 0.237. The lowest BCUT2D eigenvalue weighted by Crippen LogP contribution is -2.41. The zero-order valence-corrected chi connectivity index (χ0v) is 51.1. The van der Waals surface area contributed by atoms with Crippen molar-refractivity contribution in [3.63, 3.8) is 0 Å². The Balaban J connectivity index is 0.919. The molecule has 430 valence electrons. The summed E-state index contributed by atoms with van der Waals surface area (Å²) in [6.45, 7) is 13.0. The molecule has 10 heteroatoms. The number of carboxylic acid groups (broad SMARTS) is 2. The van der Waals surface area contributed by atoms with Crippen molar-refractivity contribution < 1.29 is 29.4 Å². The van der Waals surface area contributed by atoms with Gasteiger partial charge >= 0.3 is 11.9 Å². The Morgan fingerprint density at radius 1 is 0.488 bits per heavy atom. The number of carbonyl (C=O) groups excluding carboxylic acids is 2. The van der Waals surface area contributed by atoms with E-state index in [0.717, 1.165) is 109 Å². The molecular weight excluding hydrogens is 1100 g/mol. The summed E-state index contributed by atoms with van der Waals surface area (Å²) in [5.41, 5.74) is 11.1. The summed E-state index contributed by atoms with van der Waals surface area (Å²) in [6, 6.07) is 51.5. The number of anilines is 4. The Morgan fingerprint density at radius 2 is 0.965 bits per heavy atom. The zero-order valence-electron chi connectivity index (χ0n) is 49.5. The van der Waals surface area contributed by atoms with Gasteiger partial charge in [-0.25, -0.2) is 14.5 Å². The normalized spacial score (nSPS) is 12.4. The van der Waals surface area contributed by atoms with Gasteiger partial charge in [-0.3, -0.25) is 9.59 Å². The first-order valence-corrected chi connectivity index (χ1v) is 31.9. The third-order valence-corrected chi connectivity index (χ3v) is 19.6. The molecule has 0 unspecified atom stereocenters. The van der Waals surface area contributed by atoms with E-state index >= 15 is 0 Å². The lowest BCUT2D eigenvalue weighted by molar-refractivity contribution is 0.0686. The number of carbonyl (C=O) groups is 4. The fourth-order valence-corrected chi connectivity index (χ4v) is 15.2. The topological polar surface area (TPSA) is 115 Å². The van der Waals surface area contributed by atoms with Crippen LogP contribution in [0, 0.1) is 11.8 Å². The number of rotatable bonds is 20. The molecule has 2 amide bonds. The van der Waals surface area contributed by atoms with Crippen molar-refractivity contribution in [2.75, 3.05) is 9.80 Å². The number of unbranched alkanes of at least 4 members (excludes halogenated alkanes) is 6. The predicted molar refractivity (Wildman–Crippen MR) is 357 cm³/mol. The Labute approximate surface area is 510 Å². The van der Waals surface area contributed by atoms with Gasteiger partial charge in [0, 0.05) is 53.8 Å². The number of imide groups is 1. The Morgan fingerprint density at radius 3 is 1.50 bits per heavy atom. The van der Waals surface area contributed by atoms with Gasteiger partial charge in [-0.05, 0) is 200 Å². The van der Waals surface area contributed by atoms with Crippen LogP contribution in [0.1, 0.15) is 179 Å². The molecule has 2 N–H and O–H groups in total. The number of hydrogen-bond donors (Lipinski definition) is 2. The summed E-state index contributed by atoms with van der Waals surface area (Å²) in [7, 11) is 0. The third-order valence-electron chi connectivity index (χ3n) is 17.1. The molecule has 1 aliphatic heterocycles. The van der Waals surface area contributed by atoms with Gasteiger partial charge in [-0.1, -0.05) is 153 Å². The van der Waals surface area contributed by atoms with Crippen LogP contribution in [0.4, 0.5) is 22.7 Å². The van der Waals surface area contributed by atoms with Crippen LogP contribution < -0.4 is 9.80 Å². The number of thiophene rings is 2. The number of hydrogen-bond acceptors (Lipinski definition) is 7. The first kappa shape index (κ1) is 57.5. The van der Waals surface area contributed by atoms with Gasteiger partial charge in [0.05, 0.1) is 21.7 Å². The quantitative estimate of drug-likeness (QED) is 0.0257. The van der Waals surface area contributed by atoms with E-state index in [1.54, 1.807) is 59.9 Å². The van der Waals surface area contributed by atoms with E-state index in [1.807, 2.05) is 70.8 Å². The van der Waals surface area contributed by atoms with Crippen molar-refractivity contribution in [3.8, 4) is 32.0 Å². The SMILES string of the molecule is CCCCCCc1cc(-c2sc(-c3ccc4c5ccc6c7c(ccc(c8cccc3c84)c75)C(=O)N(c3c(C(C)C)cccc3C(C)C)C6=O)cc2CCCCCC)sc1C#Cc1ccc(N(c2ccc(C(=O)O)cc2)c2ccc(C(=O)O)cc2)cc1. The van der Waals surface area contributed by atoms with E-state index in [0.29, 0.717) is 16.8 Å². The molecule has 12 rings (SSSR count). The van der Waals surface area contributed by atoms with E-state index in [2.05, 4.69) is 108 Å². The average Bonchev–Trinajstić information content (AvgIpc) is 0.815. The van der Waals surface area contributed by atoms with Gasteiger partial charge in [-0.2, -0.15) is 0 Å². The number of nitrogens with zero attached hydrogens (tertiary/aromatic N) is 2. The maximum absolute atomic E-state index is 15.0. The van der Waals surface area contributed by atoms with Gasteiger partial charge in [0.2, 0.25) is 0 Å². The highest BCUT2D eigenvalue weighted by atomic mass is 32.1. The van der Waals surface area contributed by atoms with E-state index in [4.69, 9.17) is 0 Å². The number of fused-ring (bicyclic) bond motifs is 2. The van der Waals surface area contributed by atoms with Gasteiger partial charge in [0.25, 0.3) is 11.8 Å². The number of benzene rings is 9. The molecule has 9 aromatic carbocycles. The van der Waals surface area contributed by atoms with Crippen LogP contribution in [0.25, 0.3) is 63.3 Å². The monoisotopic (exact) mass is 1170 g/mol. The Hall–Kier alpha value is -8.88. The second-order valence-electron chi connectivity index (χ2n) is 23.4. The van der Waals surface area contributed by atoms with Crippen molar-refractivity contribution in [2.24, 2.45) is 0 Å². The molecule has 2 aromatic heterocycles. The summed E-state index contributed by atoms with van der Waals surface area (Å²) < 4.78 is 0. The van der Waals surface area contributed by atoms with Crippen LogP contribution in [-0.2, 0) is 12.8 Å². The zero-order chi connectivity index (χ0) is 59.9. The predicted octanol–water partition coefficient (Wildman–Crippen LogP) is 20.8. The van der Waals surface area contributed by atoms with Crippen LogP contribution in [0.2, 0.25) is 0 Å². The molecule has 0 bridgehead atoms. The first-order valence-electron chi connectivity index (χ1n) is 30.3. The fourth-order valence-electron chi connectivity index (χ4n) is 12.7. The van der Waals surface area contributed by atoms with Crippen molar-refractivity contribution >= 4 is 112 Å². The second kappa shape index (κ2) is 24.2. The maximum atomic E-state index is 15.0. The molecule has 0 fully saturated rings. The summed E-state index contributed by atoms with van der Waals surface area (Å²) in [4.78, 5) is 61.7. The van der Waals surface area contributed by atoms with E-state index in [1.165, 1.54) is 72.7 Å². The lowest BCUT2D eigenvalue weighted by atomic mass is 9.83. The minimum absolute atomic E-state index is 0.107. The van der Waals surface area contributed by atoms with Crippen molar-refractivity contribution in [1.29, 1.82) is 0 Å². The Kier molecular flexibility index (Phi) is 16.2. The Bertz CT molecular complexity index is 4340. The average molecular weight is 1170 g/mol. The number of aryl methyl sites for hydroxylation is 2. The van der Waals surface area contributed by atoms with E-state index in [-0.39, 0.29) is 34.8 Å². The van der Waals surface area contributed by atoms with Crippen LogP contribution in [0.3, 0.4) is 0 Å². The van der Waals surface area contributed by atoms with Crippen LogP contribution >= 0.6 is 22.7 Å². The standard InChI is InChI=1S/C76H68N2O6S2/c1-7-9-11-13-17-50-43-67(85-65(50)42-25-47-23-30-52(31-24-47)77(53-32-26-48(27-33-53)75(81)82)54-34-28-49(29-35-54)76(83)84)72-51(18-14-12-10-8-2)44-66(86-72)57-36-37-60-62-39-41-64-70-63(40-38-61(69(62)70)59-22-16-21-58(57)68(59)60)73(79)78(74(64)80)71-55(45(3)4)19-15-20-56(71)46(5)6/h15-16,19-24,26-41,43-46H,7-14,17-18H2,1-6H3,(H,81,82)(H,83,84). The molecule has 1 aliphatic rings. The van der Waals surface area contributed by atoms with Gasteiger partial charge in [-0.15, -0.1) is 22.7 Å². The molecule has 0 saturated carbocycles. The van der Waals surface area contributed by atoms with E-state index < -0.39 is 11.9 Å². The second-order valence-corrected chi connectivity index (χ2v) is 25.5. The molecule has 8 nitrogen and oxygen atoms in total. The van der Waals surface area contributed by atoms with Gasteiger partial charge in [0.15, 0.2) is 0 Å². The molecule has 3 heterocycles. The maximum Gasteiger partial charge on any atom is 0.335 e. The highest BCUT2D eigenvalue weighted by Gasteiger charge is 2.38. The highest BCUT2D eigenvalue weighted by Crippen LogP contribution is 2.50. The summed E-state index contributed by atoms with van der Waals surface area (Å²) in [6.07, 6.45) is 11.1. The first-order chi connectivity index (χ1) is 41.7.